The topological polar surface area (TPSA) is 38.5 Å². The van der Waals surface area contributed by atoms with E-state index in [2.05, 4.69) is 4.90 Å². The zero-order chi connectivity index (χ0) is 11.9. The number of benzene rings is 1. The summed E-state index contributed by atoms with van der Waals surface area (Å²) >= 11 is 0. The maximum Gasteiger partial charge on any atom is 0.119 e. The standard InChI is InChI=1S/C14H22N2O/c15-8-6-13-7-9-16(12-13)10-11-17-14-4-2-1-3-5-14/h1-5,13H,6-12,15H2. The number of rotatable bonds is 6. The van der Waals surface area contributed by atoms with Crippen LogP contribution in [0.2, 0.25) is 0 Å². The van der Waals surface area contributed by atoms with Gasteiger partial charge in [0.2, 0.25) is 0 Å². The van der Waals surface area contributed by atoms with Crippen molar-refractivity contribution in [1.82, 2.24) is 4.90 Å². The van der Waals surface area contributed by atoms with Crippen molar-refractivity contribution in [1.29, 1.82) is 0 Å². The lowest BCUT2D eigenvalue weighted by atomic mass is 10.1. The van der Waals surface area contributed by atoms with Crippen LogP contribution in [0.5, 0.6) is 5.75 Å². The monoisotopic (exact) mass is 234 g/mol. The summed E-state index contributed by atoms with van der Waals surface area (Å²) in [4.78, 5) is 2.48. The van der Waals surface area contributed by atoms with Crippen LogP contribution < -0.4 is 10.5 Å². The molecule has 0 bridgehead atoms. The molecule has 0 saturated carbocycles. The molecule has 1 unspecified atom stereocenters. The van der Waals surface area contributed by atoms with Gasteiger partial charge in [-0.1, -0.05) is 18.2 Å². The van der Waals surface area contributed by atoms with Crippen molar-refractivity contribution in [2.24, 2.45) is 11.7 Å². The van der Waals surface area contributed by atoms with E-state index in [1.807, 2.05) is 30.3 Å². The summed E-state index contributed by atoms with van der Waals surface area (Å²) in [7, 11) is 0. The Morgan fingerprint density at radius 1 is 1.29 bits per heavy atom. The molecule has 1 heterocycles. The molecule has 1 aliphatic rings. The summed E-state index contributed by atoms with van der Waals surface area (Å²) in [6.45, 7) is 5.01. The van der Waals surface area contributed by atoms with E-state index in [0.717, 1.165) is 37.8 Å². The molecule has 3 heteroatoms. The van der Waals surface area contributed by atoms with Crippen molar-refractivity contribution < 1.29 is 4.74 Å². The predicted molar refractivity (Wildman–Crippen MR) is 70.2 cm³/mol. The minimum atomic E-state index is 0.777. The fraction of sp³-hybridized carbons (Fsp3) is 0.571. The summed E-state index contributed by atoms with van der Waals surface area (Å²) in [5, 5.41) is 0. The van der Waals surface area contributed by atoms with Gasteiger partial charge in [-0.15, -0.1) is 0 Å². The second kappa shape index (κ2) is 6.62. The van der Waals surface area contributed by atoms with Crippen molar-refractivity contribution in [3.63, 3.8) is 0 Å². The molecule has 0 spiro atoms. The molecule has 2 rings (SSSR count). The Kier molecular flexibility index (Phi) is 4.83. The highest BCUT2D eigenvalue weighted by Gasteiger charge is 2.21. The van der Waals surface area contributed by atoms with E-state index in [-0.39, 0.29) is 0 Å². The molecule has 1 aromatic rings. The predicted octanol–water partition coefficient (Wildman–Crippen LogP) is 1.74. The lowest BCUT2D eigenvalue weighted by Gasteiger charge is -2.16. The summed E-state index contributed by atoms with van der Waals surface area (Å²) in [6.07, 6.45) is 2.46. The Hall–Kier alpha value is -1.06. The van der Waals surface area contributed by atoms with Crippen LogP contribution >= 0.6 is 0 Å². The number of nitrogens with two attached hydrogens (primary N) is 1. The Labute approximate surface area is 104 Å². The molecule has 1 saturated heterocycles. The van der Waals surface area contributed by atoms with Crippen molar-refractivity contribution in [3.8, 4) is 5.75 Å². The SMILES string of the molecule is NCCC1CCN(CCOc2ccccc2)C1. The first-order chi connectivity index (χ1) is 8.38. The smallest absolute Gasteiger partial charge is 0.119 e. The van der Waals surface area contributed by atoms with Crippen LogP contribution in [0.1, 0.15) is 12.8 Å². The average Bonchev–Trinajstić information content (AvgIpc) is 2.79. The lowest BCUT2D eigenvalue weighted by molar-refractivity contribution is 0.232. The Morgan fingerprint density at radius 3 is 2.88 bits per heavy atom. The van der Waals surface area contributed by atoms with Crippen LogP contribution in [-0.4, -0.2) is 37.7 Å². The van der Waals surface area contributed by atoms with Crippen molar-refractivity contribution in [2.75, 3.05) is 32.8 Å². The third-order valence-electron chi connectivity index (χ3n) is 3.36. The molecular weight excluding hydrogens is 212 g/mol. The fourth-order valence-electron chi connectivity index (χ4n) is 2.40. The fourth-order valence-corrected chi connectivity index (χ4v) is 2.40. The van der Waals surface area contributed by atoms with E-state index in [4.69, 9.17) is 10.5 Å². The first kappa shape index (κ1) is 12.4. The van der Waals surface area contributed by atoms with Gasteiger partial charge in [0.05, 0.1) is 0 Å². The molecule has 17 heavy (non-hydrogen) atoms. The summed E-state index contributed by atoms with van der Waals surface area (Å²) in [5.41, 5.74) is 5.59. The molecule has 1 aromatic carbocycles. The van der Waals surface area contributed by atoms with Gasteiger partial charge < -0.3 is 10.5 Å². The van der Waals surface area contributed by atoms with Gasteiger partial charge in [0.15, 0.2) is 0 Å². The number of hydrogen-bond donors (Lipinski definition) is 1. The second-order valence-electron chi connectivity index (χ2n) is 4.69. The molecule has 2 N–H and O–H groups in total. The summed E-state index contributed by atoms with van der Waals surface area (Å²) < 4.78 is 5.70. The largest absolute Gasteiger partial charge is 0.492 e. The zero-order valence-corrected chi connectivity index (χ0v) is 10.3. The highest BCUT2D eigenvalue weighted by molar-refractivity contribution is 5.20. The highest BCUT2D eigenvalue weighted by atomic mass is 16.5. The van der Waals surface area contributed by atoms with Crippen LogP contribution in [0.3, 0.4) is 0 Å². The number of hydrogen-bond acceptors (Lipinski definition) is 3. The Balaban J connectivity index is 1.63. The molecule has 0 aliphatic carbocycles. The van der Waals surface area contributed by atoms with Gasteiger partial charge in [0.25, 0.3) is 0 Å². The van der Waals surface area contributed by atoms with E-state index in [0.29, 0.717) is 0 Å². The number of likely N-dealkylation sites (tertiary alicyclic amines) is 1. The van der Waals surface area contributed by atoms with Gasteiger partial charge in [-0.3, -0.25) is 4.90 Å². The number of ether oxygens (including phenoxy) is 1. The quantitative estimate of drug-likeness (QED) is 0.814. The molecule has 1 aliphatic heterocycles. The van der Waals surface area contributed by atoms with Crippen molar-refractivity contribution >= 4 is 0 Å². The van der Waals surface area contributed by atoms with Gasteiger partial charge in [0.1, 0.15) is 12.4 Å². The van der Waals surface area contributed by atoms with Gasteiger partial charge in [-0.05, 0) is 44.0 Å². The molecule has 3 nitrogen and oxygen atoms in total. The first-order valence-electron chi connectivity index (χ1n) is 6.49. The first-order valence-corrected chi connectivity index (χ1v) is 6.49. The molecule has 1 fully saturated rings. The Bertz CT molecular complexity index is 315. The van der Waals surface area contributed by atoms with Crippen molar-refractivity contribution in [3.05, 3.63) is 30.3 Å². The van der Waals surface area contributed by atoms with Crippen LogP contribution in [-0.2, 0) is 0 Å². The summed E-state index contributed by atoms with van der Waals surface area (Å²) in [5.74, 6) is 1.77. The van der Waals surface area contributed by atoms with E-state index in [9.17, 15) is 0 Å². The molecule has 0 amide bonds. The number of nitrogens with zero attached hydrogens (tertiary/aromatic N) is 1. The van der Waals surface area contributed by atoms with Crippen LogP contribution in [0.25, 0.3) is 0 Å². The van der Waals surface area contributed by atoms with E-state index >= 15 is 0 Å². The molecular formula is C14H22N2O. The molecule has 0 aromatic heterocycles. The van der Waals surface area contributed by atoms with Gasteiger partial charge >= 0.3 is 0 Å². The zero-order valence-electron chi connectivity index (χ0n) is 10.3. The molecule has 94 valence electrons. The van der Waals surface area contributed by atoms with E-state index in [1.165, 1.54) is 19.5 Å². The van der Waals surface area contributed by atoms with E-state index in [1.54, 1.807) is 0 Å². The van der Waals surface area contributed by atoms with Crippen LogP contribution in [0.4, 0.5) is 0 Å². The molecule has 0 radical (unpaired) electrons. The Morgan fingerprint density at radius 2 is 2.12 bits per heavy atom. The minimum Gasteiger partial charge on any atom is -0.492 e. The third-order valence-corrected chi connectivity index (χ3v) is 3.36. The van der Waals surface area contributed by atoms with Gasteiger partial charge in [-0.25, -0.2) is 0 Å². The maximum absolute atomic E-state index is 5.70. The van der Waals surface area contributed by atoms with Gasteiger partial charge in [-0.2, -0.15) is 0 Å². The van der Waals surface area contributed by atoms with Crippen LogP contribution in [0.15, 0.2) is 30.3 Å². The maximum atomic E-state index is 5.70. The summed E-state index contributed by atoms with van der Waals surface area (Å²) in [6, 6.07) is 10.0. The van der Waals surface area contributed by atoms with Crippen molar-refractivity contribution in [2.45, 2.75) is 12.8 Å². The minimum absolute atomic E-state index is 0.777. The third kappa shape index (κ3) is 4.02. The lowest BCUT2D eigenvalue weighted by Crippen LogP contribution is -2.26. The second-order valence-corrected chi connectivity index (χ2v) is 4.69. The van der Waals surface area contributed by atoms with Crippen LogP contribution in [0, 0.1) is 5.92 Å². The molecule has 1 atom stereocenters. The van der Waals surface area contributed by atoms with Gasteiger partial charge in [0, 0.05) is 13.1 Å². The van der Waals surface area contributed by atoms with E-state index < -0.39 is 0 Å². The normalized spacial score (nSPS) is 20.6. The average molecular weight is 234 g/mol. The number of para-hydroxylation sites is 1. The highest BCUT2D eigenvalue weighted by Crippen LogP contribution is 2.18.